The van der Waals surface area contributed by atoms with Crippen molar-refractivity contribution in [1.82, 2.24) is 0 Å². The van der Waals surface area contributed by atoms with Crippen LogP contribution in [-0.2, 0) is 16.0 Å². The minimum Gasteiger partial charge on any atom is -0.508 e. The van der Waals surface area contributed by atoms with Crippen molar-refractivity contribution in [3.63, 3.8) is 0 Å². The van der Waals surface area contributed by atoms with E-state index in [1.54, 1.807) is 6.07 Å². The van der Waals surface area contributed by atoms with Crippen molar-refractivity contribution < 1.29 is 34.7 Å². The molecule has 1 aliphatic rings. The molecular weight excluding hydrogens is 436 g/mol. The lowest BCUT2D eigenvalue weighted by Crippen LogP contribution is -2.34. The molecule has 0 amide bonds. The van der Waals surface area contributed by atoms with Crippen LogP contribution in [0.15, 0.2) is 30.3 Å². The number of aromatic hydroxyl groups is 4. The predicted octanol–water partition coefficient (Wildman–Crippen LogP) is 6.02. The van der Waals surface area contributed by atoms with E-state index in [0.717, 1.165) is 19.3 Å². The molecule has 0 aliphatic carbocycles. The van der Waals surface area contributed by atoms with Gasteiger partial charge < -0.3 is 29.9 Å². The van der Waals surface area contributed by atoms with Crippen molar-refractivity contribution in [1.29, 1.82) is 0 Å². The Hall–Kier alpha value is -3.09. The van der Waals surface area contributed by atoms with Crippen LogP contribution in [0.5, 0.6) is 28.7 Å². The first-order valence-electron chi connectivity index (χ1n) is 12.3. The second-order valence-corrected chi connectivity index (χ2v) is 9.04. The van der Waals surface area contributed by atoms with Gasteiger partial charge in [-0.15, -0.1) is 0 Å². The van der Waals surface area contributed by atoms with Crippen LogP contribution >= 0.6 is 0 Å². The van der Waals surface area contributed by atoms with E-state index in [1.165, 1.54) is 62.8 Å². The highest BCUT2D eigenvalue weighted by molar-refractivity contribution is 5.69. The number of hydrogen-bond acceptors (Lipinski definition) is 7. The number of rotatable bonds is 12. The third-order valence-corrected chi connectivity index (χ3v) is 6.26. The highest BCUT2D eigenvalue weighted by Gasteiger charge is 2.36. The predicted molar refractivity (Wildman–Crippen MR) is 128 cm³/mol. The van der Waals surface area contributed by atoms with Gasteiger partial charge in [0.2, 0.25) is 0 Å². The molecule has 2 aromatic rings. The number of phenols is 4. The Balaban J connectivity index is 1.59. The molecule has 7 heteroatoms. The normalized spacial score (nSPS) is 17.1. The Morgan fingerprint density at radius 3 is 2.24 bits per heavy atom. The Bertz CT molecular complexity index is 956. The molecule has 2 atom stereocenters. The van der Waals surface area contributed by atoms with Crippen LogP contribution in [0.25, 0.3) is 0 Å². The van der Waals surface area contributed by atoms with Crippen molar-refractivity contribution in [2.24, 2.45) is 0 Å². The van der Waals surface area contributed by atoms with E-state index in [9.17, 15) is 25.2 Å². The van der Waals surface area contributed by atoms with Gasteiger partial charge in [0.1, 0.15) is 23.4 Å². The van der Waals surface area contributed by atoms with Crippen LogP contribution in [0.1, 0.15) is 88.4 Å². The summed E-state index contributed by atoms with van der Waals surface area (Å²) in [6.45, 7) is 2.21. The molecule has 1 aliphatic heterocycles. The van der Waals surface area contributed by atoms with Crippen molar-refractivity contribution >= 4 is 5.97 Å². The lowest BCUT2D eigenvalue weighted by Gasteiger charge is -2.34. The molecule has 34 heavy (non-hydrogen) atoms. The summed E-state index contributed by atoms with van der Waals surface area (Å²) in [6.07, 6.45) is 9.35. The fourth-order valence-corrected chi connectivity index (χ4v) is 4.36. The van der Waals surface area contributed by atoms with Crippen LogP contribution in [0.2, 0.25) is 0 Å². The van der Waals surface area contributed by atoms with Gasteiger partial charge in [-0.2, -0.15) is 0 Å². The standard InChI is InChI=1S/C27H36O7/c1-2-3-4-5-6-7-8-9-10-11-26(32)33-25-17-20-22(30)15-19(28)16-24(20)34-27(25)18-12-13-21(29)23(31)14-18/h12-16,25,27-31H,2-11,17H2,1H3/t25-,27-/m1/s1. The summed E-state index contributed by atoms with van der Waals surface area (Å²) in [7, 11) is 0. The Labute approximate surface area is 201 Å². The Morgan fingerprint density at radius 1 is 0.882 bits per heavy atom. The van der Waals surface area contributed by atoms with Gasteiger partial charge in [0.05, 0.1) is 0 Å². The van der Waals surface area contributed by atoms with Gasteiger partial charge in [-0.25, -0.2) is 0 Å². The van der Waals surface area contributed by atoms with Gasteiger partial charge in [-0.1, -0.05) is 64.4 Å². The van der Waals surface area contributed by atoms with Gasteiger partial charge in [0, 0.05) is 36.1 Å². The lowest BCUT2D eigenvalue weighted by molar-refractivity contribution is -0.155. The van der Waals surface area contributed by atoms with Gasteiger partial charge in [-0.3, -0.25) is 4.79 Å². The number of unbranched alkanes of at least 4 members (excludes halogenated alkanes) is 8. The largest absolute Gasteiger partial charge is 0.508 e. The second kappa shape index (κ2) is 12.4. The molecule has 0 saturated carbocycles. The molecule has 2 aromatic carbocycles. The third-order valence-electron chi connectivity index (χ3n) is 6.26. The summed E-state index contributed by atoms with van der Waals surface area (Å²) >= 11 is 0. The molecule has 0 aromatic heterocycles. The molecule has 0 radical (unpaired) electrons. The third kappa shape index (κ3) is 6.95. The molecule has 186 valence electrons. The summed E-state index contributed by atoms with van der Waals surface area (Å²) in [4.78, 5) is 12.6. The average Bonchev–Trinajstić information content (AvgIpc) is 2.80. The Kier molecular flexibility index (Phi) is 9.31. The number of benzene rings is 2. The first kappa shape index (κ1) is 25.5. The van der Waals surface area contributed by atoms with Gasteiger partial charge >= 0.3 is 5.97 Å². The number of ether oxygens (including phenoxy) is 2. The highest BCUT2D eigenvalue weighted by atomic mass is 16.6. The summed E-state index contributed by atoms with van der Waals surface area (Å²) in [5, 5.41) is 39.7. The maximum Gasteiger partial charge on any atom is 0.306 e. The molecule has 7 nitrogen and oxygen atoms in total. The molecule has 1 heterocycles. The molecule has 0 spiro atoms. The Morgan fingerprint density at radius 2 is 1.56 bits per heavy atom. The maximum atomic E-state index is 12.6. The van der Waals surface area contributed by atoms with Crippen LogP contribution in [0.3, 0.4) is 0 Å². The molecule has 3 rings (SSSR count). The fourth-order valence-electron chi connectivity index (χ4n) is 4.36. The quantitative estimate of drug-likeness (QED) is 0.170. The molecular formula is C27H36O7. The zero-order valence-electron chi connectivity index (χ0n) is 19.8. The molecule has 0 unspecified atom stereocenters. The second-order valence-electron chi connectivity index (χ2n) is 9.04. The van der Waals surface area contributed by atoms with E-state index < -0.39 is 12.2 Å². The molecule has 4 N–H and O–H groups in total. The summed E-state index contributed by atoms with van der Waals surface area (Å²) < 4.78 is 11.8. The van der Waals surface area contributed by atoms with Crippen molar-refractivity contribution in [3.05, 3.63) is 41.5 Å². The van der Waals surface area contributed by atoms with Gasteiger partial charge in [0.25, 0.3) is 0 Å². The fraction of sp³-hybridized carbons (Fsp3) is 0.519. The van der Waals surface area contributed by atoms with Crippen LogP contribution in [0, 0.1) is 0 Å². The van der Waals surface area contributed by atoms with E-state index in [0.29, 0.717) is 17.5 Å². The van der Waals surface area contributed by atoms with E-state index in [4.69, 9.17) is 9.47 Å². The number of hydrogen-bond donors (Lipinski definition) is 4. The smallest absolute Gasteiger partial charge is 0.306 e. The average molecular weight is 473 g/mol. The number of fused-ring (bicyclic) bond motifs is 1. The molecule has 0 bridgehead atoms. The van der Waals surface area contributed by atoms with E-state index in [2.05, 4.69) is 6.92 Å². The van der Waals surface area contributed by atoms with Crippen LogP contribution in [-0.4, -0.2) is 32.5 Å². The zero-order chi connectivity index (χ0) is 24.5. The summed E-state index contributed by atoms with van der Waals surface area (Å²) in [5.74, 6) is -0.932. The molecule has 0 fully saturated rings. The number of carbonyl (C=O) groups is 1. The minimum absolute atomic E-state index is 0.137. The van der Waals surface area contributed by atoms with Crippen molar-refractivity contribution in [2.75, 3.05) is 0 Å². The first-order valence-corrected chi connectivity index (χ1v) is 12.3. The summed E-state index contributed by atoms with van der Waals surface area (Å²) in [5.41, 5.74) is 0.947. The highest BCUT2D eigenvalue weighted by Crippen LogP contribution is 2.43. The number of phenolic OH excluding ortho intramolecular Hbond substituents is 4. The van der Waals surface area contributed by atoms with Crippen LogP contribution in [0.4, 0.5) is 0 Å². The molecule has 0 saturated heterocycles. The number of esters is 1. The van der Waals surface area contributed by atoms with Crippen molar-refractivity contribution in [3.8, 4) is 28.7 Å². The minimum atomic E-state index is -0.771. The monoisotopic (exact) mass is 472 g/mol. The lowest BCUT2D eigenvalue weighted by atomic mass is 9.93. The topological polar surface area (TPSA) is 116 Å². The van der Waals surface area contributed by atoms with Crippen LogP contribution < -0.4 is 4.74 Å². The van der Waals surface area contributed by atoms with E-state index in [-0.39, 0.29) is 41.1 Å². The van der Waals surface area contributed by atoms with Gasteiger partial charge in [-0.05, 0) is 18.6 Å². The van der Waals surface area contributed by atoms with E-state index >= 15 is 0 Å². The van der Waals surface area contributed by atoms with Crippen molar-refractivity contribution in [2.45, 2.75) is 89.8 Å². The zero-order valence-corrected chi connectivity index (χ0v) is 19.8. The number of carbonyl (C=O) groups excluding carboxylic acids is 1. The summed E-state index contributed by atoms with van der Waals surface area (Å²) in [6, 6.07) is 6.88. The maximum absolute atomic E-state index is 12.6. The van der Waals surface area contributed by atoms with Gasteiger partial charge in [0.15, 0.2) is 17.6 Å². The van der Waals surface area contributed by atoms with E-state index in [1.807, 2.05) is 0 Å². The first-order chi connectivity index (χ1) is 16.4. The SMILES string of the molecule is CCCCCCCCCCCC(=O)O[C@@H]1Cc2c(O)cc(O)cc2O[C@@H]1c1ccc(O)c(O)c1.